The molecule has 0 unspecified atom stereocenters. The lowest BCUT2D eigenvalue weighted by molar-refractivity contribution is 0.550. The molecule has 1 aromatic heterocycles. The van der Waals surface area contributed by atoms with Gasteiger partial charge in [0.1, 0.15) is 6.07 Å². The van der Waals surface area contributed by atoms with Crippen LogP contribution in [0.1, 0.15) is 31.0 Å². The van der Waals surface area contributed by atoms with Crippen LogP contribution in [0.4, 0.5) is 5.88 Å². The van der Waals surface area contributed by atoms with Gasteiger partial charge in [0.05, 0.1) is 0 Å². The number of benzene rings is 1. The first-order chi connectivity index (χ1) is 9.69. The van der Waals surface area contributed by atoms with Gasteiger partial charge in [-0.1, -0.05) is 44.2 Å². The minimum Gasteiger partial charge on any atom is -0.420 e. The van der Waals surface area contributed by atoms with Crippen molar-refractivity contribution in [1.29, 1.82) is 5.26 Å². The van der Waals surface area contributed by atoms with Gasteiger partial charge in [-0.25, -0.2) is 0 Å². The van der Waals surface area contributed by atoms with Gasteiger partial charge in [-0.15, -0.1) is 0 Å². The van der Waals surface area contributed by atoms with Crippen molar-refractivity contribution in [3.05, 3.63) is 47.5 Å². The van der Waals surface area contributed by atoms with E-state index in [2.05, 4.69) is 24.1 Å². The molecule has 2 rings (SSSR count). The molecule has 2 aromatic rings. The Morgan fingerprint density at radius 1 is 1.30 bits per heavy atom. The second-order valence-corrected chi connectivity index (χ2v) is 4.86. The molecule has 0 aliphatic heterocycles. The van der Waals surface area contributed by atoms with Crippen molar-refractivity contribution in [3.8, 4) is 6.07 Å². The SMILES string of the molecule is CC(C)CNc1oc(/C=C/c2ccccc2)nc1C#N. The van der Waals surface area contributed by atoms with Gasteiger partial charge in [-0.2, -0.15) is 10.2 Å². The van der Waals surface area contributed by atoms with E-state index in [1.165, 1.54) is 0 Å². The van der Waals surface area contributed by atoms with E-state index in [4.69, 9.17) is 9.68 Å². The molecule has 0 saturated heterocycles. The number of nitriles is 1. The van der Waals surface area contributed by atoms with Gasteiger partial charge < -0.3 is 9.73 Å². The quantitative estimate of drug-likeness (QED) is 0.895. The van der Waals surface area contributed by atoms with Crippen molar-refractivity contribution < 1.29 is 4.42 Å². The summed E-state index contributed by atoms with van der Waals surface area (Å²) in [7, 11) is 0. The number of rotatable bonds is 5. The highest BCUT2D eigenvalue weighted by Crippen LogP contribution is 2.18. The zero-order valence-electron chi connectivity index (χ0n) is 11.6. The van der Waals surface area contributed by atoms with Gasteiger partial charge in [0.15, 0.2) is 0 Å². The monoisotopic (exact) mass is 267 g/mol. The van der Waals surface area contributed by atoms with Gasteiger partial charge in [0.25, 0.3) is 0 Å². The number of anilines is 1. The van der Waals surface area contributed by atoms with Crippen molar-refractivity contribution in [2.45, 2.75) is 13.8 Å². The van der Waals surface area contributed by atoms with Crippen LogP contribution < -0.4 is 5.32 Å². The van der Waals surface area contributed by atoms with Crippen LogP contribution in [0.2, 0.25) is 0 Å². The number of hydrogen-bond donors (Lipinski definition) is 1. The summed E-state index contributed by atoms with van der Waals surface area (Å²) in [6.07, 6.45) is 3.66. The smallest absolute Gasteiger partial charge is 0.232 e. The normalized spacial score (nSPS) is 10.9. The predicted molar refractivity (Wildman–Crippen MR) is 79.9 cm³/mol. The van der Waals surface area contributed by atoms with Crippen molar-refractivity contribution in [3.63, 3.8) is 0 Å². The summed E-state index contributed by atoms with van der Waals surface area (Å²) in [6.45, 7) is 4.92. The van der Waals surface area contributed by atoms with Gasteiger partial charge in [0.2, 0.25) is 17.5 Å². The molecule has 0 aliphatic carbocycles. The van der Waals surface area contributed by atoms with E-state index in [1.807, 2.05) is 42.5 Å². The Morgan fingerprint density at radius 3 is 2.70 bits per heavy atom. The molecule has 4 heteroatoms. The van der Waals surface area contributed by atoms with Crippen LogP contribution in [0.25, 0.3) is 12.2 Å². The Balaban J connectivity index is 2.13. The molecule has 1 aromatic carbocycles. The number of nitrogens with one attached hydrogen (secondary N) is 1. The van der Waals surface area contributed by atoms with E-state index in [9.17, 15) is 0 Å². The highest BCUT2D eigenvalue weighted by Gasteiger charge is 2.11. The molecule has 1 heterocycles. The van der Waals surface area contributed by atoms with Crippen LogP contribution >= 0.6 is 0 Å². The first kappa shape index (κ1) is 13.9. The number of aromatic nitrogens is 1. The minimum absolute atomic E-state index is 0.290. The maximum Gasteiger partial charge on any atom is 0.232 e. The maximum absolute atomic E-state index is 9.05. The molecule has 0 amide bonds. The lowest BCUT2D eigenvalue weighted by Gasteiger charge is -2.04. The molecule has 0 fully saturated rings. The molecule has 102 valence electrons. The molecular formula is C16H17N3O. The maximum atomic E-state index is 9.05. The fraction of sp³-hybridized carbons (Fsp3) is 0.250. The second kappa shape index (κ2) is 6.58. The van der Waals surface area contributed by atoms with Gasteiger partial charge in [0, 0.05) is 12.6 Å². The summed E-state index contributed by atoms with van der Waals surface area (Å²) in [4.78, 5) is 4.14. The average Bonchev–Trinajstić information content (AvgIpc) is 2.86. The van der Waals surface area contributed by atoms with Crippen LogP contribution in [0.5, 0.6) is 0 Å². The molecule has 4 nitrogen and oxygen atoms in total. The summed E-state index contributed by atoms with van der Waals surface area (Å²) in [5.74, 6) is 1.33. The van der Waals surface area contributed by atoms with Crippen LogP contribution in [-0.2, 0) is 0 Å². The van der Waals surface area contributed by atoms with Crippen LogP contribution in [0.3, 0.4) is 0 Å². The minimum atomic E-state index is 0.290. The summed E-state index contributed by atoms with van der Waals surface area (Å²) < 4.78 is 5.55. The zero-order valence-corrected chi connectivity index (χ0v) is 11.6. The first-order valence-electron chi connectivity index (χ1n) is 6.57. The van der Waals surface area contributed by atoms with Crippen molar-refractivity contribution in [2.24, 2.45) is 5.92 Å². The fourth-order valence-corrected chi connectivity index (χ4v) is 1.63. The topological polar surface area (TPSA) is 61.9 Å². The third kappa shape index (κ3) is 3.72. The first-order valence-corrected chi connectivity index (χ1v) is 6.57. The highest BCUT2D eigenvalue weighted by atomic mass is 16.4. The molecule has 0 saturated carbocycles. The van der Waals surface area contributed by atoms with Crippen LogP contribution in [0, 0.1) is 17.2 Å². The molecule has 0 radical (unpaired) electrons. The lowest BCUT2D eigenvalue weighted by atomic mass is 10.2. The van der Waals surface area contributed by atoms with Crippen molar-refractivity contribution >= 4 is 18.0 Å². The largest absolute Gasteiger partial charge is 0.420 e. The van der Waals surface area contributed by atoms with E-state index in [1.54, 1.807) is 6.08 Å². The van der Waals surface area contributed by atoms with E-state index < -0.39 is 0 Å². The summed E-state index contributed by atoms with van der Waals surface area (Å²) in [5.41, 5.74) is 1.35. The van der Waals surface area contributed by atoms with E-state index >= 15 is 0 Å². The summed E-state index contributed by atoms with van der Waals surface area (Å²) >= 11 is 0. The fourth-order valence-electron chi connectivity index (χ4n) is 1.63. The number of hydrogen-bond acceptors (Lipinski definition) is 4. The Kier molecular flexibility index (Phi) is 4.56. The third-order valence-corrected chi connectivity index (χ3v) is 2.64. The highest BCUT2D eigenvalue weighted by molar-refractivity contribution is 5.67. The van der Waals surface area contributed by atoms with E-state index in [0.29, 0.717) is 23.4 Å². The predicted octanol–water partition coefficient (Wildman–Crippen LogP) is 3.78. The Morgan fingerprint density at radius 2 is 2.05 bits per heavy atom. The molecule has 0 aliphatic rings. The van der Waals surface area contributed by atoms with Crippen LogP contribution in [-0.4, -0.2) is 11.5 Å². The summed E-state index contributed by atoms with van der Waals surface area (Å²) in [6, 6.07) is 11.9. The van der Waals surface area contributed by atoms with E-state index in [0.717, 1.165) is 12.1 Å². The van der Waals surface area contributed by atoms with Crippen LogP contribution in [0.15, 0.2) is 34.7 Å². The Bertz CT molecular complexity index is 621. The second-order valence-electron chi connectivity index (χ2n) is 4.86. The molecule has 1 N–H and O–H groups in total. The van der Waals surface area contributed by atoms with E-state index in [-0.39, 0.29) is 0 Å². The molecule has 0 bridgehead atoms. The standard InChI is InChI=1S/C16H17N3O/c1-12(2)11-18-16-14(10-17)19-15(20-16)9-8-13-6-4-3-5-7-13/h3-9,12,18H,11H2,1-2H3/b9-8+. The third-order valence-electron chi connectivity index (χ3n) is 2.64. The lowest BCUT2D eigenvalue weighted by Crippen LogP contribution is -2.08. The number of nitrogens with zero attached hydrogens (tertiary/aromatic N) is 2. The summed E-state index contributed by atoms with van der Waals surface area (Å²) in [5, 5.41) is 12.1. The average molecular weight is 267 g/mol. The molecule has 0 atom stereocenters. The Labute approximate surface area is 118 Å². The molecule has 0 spiro atoms. The number of oxazole rings is 1. The Hall–Kier alpha value is -2.54. The zero-order chi connectivity index (χ0) is 14.4. The molecular weight excluding hydrogens is 250 g/mol. The van der Waals surface area contributed by atoms with Crippen molar-refractivity contribution in [1.82, 2.24) is 4.98 Å². The van der Waals surface area contributed by atoms with Gasteiger partial charge in [-0.3, -0.25) is 0 Å². The molecule has 20 heavy (non-hydrogen) atoms. The van der Waals surface area contributed by atoms with Gasteiger partial charge >= 0.3 is 0 Å². The van der Waals surface area contributed by atoms with Crippen molar-refractivity contribution in [2.75, 3.05) is 11.9 Å². The van der Waals surface area contributed by atoms with Gasteiger partial charge in [-0.05, 0) is 17.6 Å².